The van der Waals surface area contributed by atoms with Crippen molar-refractivity contribution < 1.29 is 32.1 Å². The first-order valence-electron chi connectivity index (χ1n) is 10.8. The number of para-hydroxylation sites is 1. The lowest BCUT2D eigenvalue weighted by atomic mass is 10.00. The Kier molecular flexibility index (Phi) is 6.88. The van der Waals surface area contributed by atoms with E-state index >= 15 is 0 Å². The maximum Gasteiger partial charge on any atom is 0.416 e. The normalized spacial score (nSPS) is 14.1. The van der Waals surface area contributed by atoms with Crippen molar-refractivity contribution in [1.29, 1.82) is 0 Å². The molecule has 0 unspecified atom stereocenters. The summed E-state index contributed by atoms with van der Waals surface area (Å²) in [6, 6.07) is 14.9. The summed E-state index contributed by atoms with van der Waals surface area (Å²) in [6.45, 7) is 2.10. The maximum absolute atomic E-state index is 12.9. The summed E-state index contributed by atoms with van der Waals surface area (Å²) in [7, 11) is 4.78. The SMILES string of the molecule is COc1cc(-c2cccc(OC)c2OC)cc2c1OCCN(Cc1ccc(C(F)(F)F)cc1)C2. The number of alkyl halides is 3. The predicted molar refractivity (Wildman–Crippen MR) is 123 cm³/mol. The number of hydrogen-bond donors (Lipinski definition) is 0. The van der Waals surface area contributed by atoms with E-state index in [1.807, 2.05) is 30.3 Å². The van der Waals surface area contributed by atoms with Crippen molar-refractivity contribution in [3.63, 3.8) is 0 Å². The summed E-state index contributed by atoms with van der Waals surface area (Å²) in [5.41, 5.74) is 2.80. The average molecular weight is 473 g/mol. The third-order valence-corrected chi connectivity index (χ3v) is 5.80. The van der Waals surface area contributed by atoms with Crippen LogP contribution in [0.3, 0.4) is 0 Å². The molecule has 1 aliphatic heterocycles. The molecule has 0 aromatic heterocycles. The number of methoxy groups -OCH3 is 3. The summed E-state index contributed by atoms with van der Waals surface area (Å²) < 4.78 is 61.4. The zero-order valence-electron chi connectivity index (χ0n) is 19.2. The molecular weight excluding hydrogens is 447 g/mol. The molecule has 34 heavy (non-hydrogen) atoms. The summed E-state index contributed by atoms with van der Waals surface area (Å²) in [6.07, 6.45) is -4.35. The molecule has 5 nitrogen and oxygen atoms in total. The molecule has 1 aliphatic rings. The highest BCUT2D eigenvalue weighted by Crippen LogP contribution is 2.43. The summed E-state index contributed by atoms with van der Waals surface area (Å²) in [5, 5.41) is 0. The monoisotopic (exact) mass is 473 g/mol. The van der Waals surface area contributed by atoms with Crippen molar-refractivity contribution in [3.05, 3.63) is 71.3 Å². The Morgan fingerprint density at radius 2 is 1.65 bits per heavy atom. The van der Waals surface area contributed by atoms with Crippen LogP contribution in [0.4, 0.5) is 13.2 Å². The lowest BCUT2D eigenvalue weighted by Crippen LogP contribution is -2.25. The molecule has 3 aromatic rings. The number of fused-ring (bicyclic) bond motifs is 1. The van der Waals surface area contributed by atoms with Crippen molar-refractivity contribution in [1.82, 2.24) is 4.90 Å². The smallest absolute Gasteiger partial charge is 0.416 e. The zero-order valence-corrected chi connectivity index (χ0v) is 19.2. The van der Waals surface area contributed by atoms with E-state index in [-0.39, 0.29) is 0 Å². The van der Waals surface area contributed by atoms with Crippen molar-refractivity contribution >= 4 is 0 Å². The maximum atomic E-state index is 12.9. The molecule has 0 fully saturated rings. The molecule has 3 aromatic carbocycles. The van der Waals surface area contributed by atoms with Gasteiger partial charge in [-0.3, -0.25) is 4.90 Å². The minimum atomic E-state index is -4.35. The van der Waals surface area contributed by atoms with Gasteiger partial charge >= 0.3 is 6.18 Å². The summed E-state index contributed by atoms with van der Waals surface area (Å²) in [5.74, 6) is 2.51. The number of ether oxygens (including phenoxy) is 4. The van der Waals surface area contributed by atoms with E-state index in [1.54, 1.807) is 21.3 Å². The minimum Gasteiger partial charge on any atom is -0.493 e. The molecule has 0 atom stereocenters. The summed E-state index contributed by atoms with van der Waals surface area (Å²) in [4.78, 5) is 2.14. The first-order valence-corrected chi connectivity index (χ1v) is 10.8. The molecule has 1 heterocycles. The van der Waals surface area contributed by atoms with Gasteiger partial charge in [-0.1, -0.05) is 24.3 Å². The van der Waals surface area contributed by atoms with E-state index in [0.29, 0.717) is 49.2 Å². The Balaban J connectivity index is 1.66. The van der Waals surface area contributed by atoms with Crippen molar-refractivity contribution in [2.24, 2.45) is 0 Å². The largest absolute Gasteiger partial charge is 0.493 e. The van der Waals surface area contributed by atoms with Crippen molar-refractivity contribution in [2.75, 3.05) is 34.5 Å². The lowest BCUT2D eigenvalue weighted by molar-refractivity contribution is -0.137. The van der Waals surface area contributed by atoms with Crippen LogP contribution in [0.25, 0.3) is 11.1 Å². The van der Waals surface area contributed by atoms with Crippen LogP contribution in [-0.2, 0) is 19.3 Å². The van der Waals surface area contributed by atoms with Crippen LogP contribution in [0, 0.1) is 0 Å². The Bertz CT molecular complexity index is 1150. The second-order valence-corrected chi connectivity index (χ2v) is 7.96. The Labute approximate surface area is 196 Å². The molecule has 8 heteroatoms. The van der Waals surface area contributed by atoms with Crippen LogP contribution < -0.4 is 18.9 Å². The molecule has 4 rings (SSSR count). The Hall–Kier alpha value is -3.39. The molecule has 0 radical (unpaired) electrons. The van der Waals surface area contributed by atoms with Gasteiger partial charge in [0.2, 0.25) is 0 Å². The highest BCUT2D eigenvalue weighted by Gasteiger charge is 2.30. The van der Waals surface area contributed by atoms with Gasteiger partial charge in [-0.05, 0) is 41.5 Å². The fraction of sp³-hybridized carbons (Fsp3) is 0.308. The number of hydrogen-bond acceptors (Lipinski definition) is 5. The Morgan fingerprint density at radius 1 is 0.912 bits per heavy atom. The second kappa shape index (κ2) is 9.85. The van der Waals surface area contributed by atoms with Gasteiger partial charge in [0, 0.05) is 30.8 Å². The van der Waals surface area contributed by atoms with Gasteiger partial charge in [0.1, 0.15) is 6.61 Å². The zero-order chi connectivity index (χ0) is 24.3. The van der Waals surface area contributed by atoms with E-state index in [4.69, 9.17) is 18.9 Å². The quantitative estimate of drug-likeness (QED) is 0.453. The third-order valence-electron chi connectivity index (χ3n) is 5.80. The van der Waals surface area contributed by atoms with Gasteiger partial charge in [-0.15, -0.1) is 0 Å². The molecule has 180 valence electrons. The molecule has 0 N–H and O–H groups in total. The van der Waals surface area contributed by atoms with Gasteiger partial charge < -0.3 is 18.9 Å². The van der Waals surface area contributed by atoms with Crippen molar-refractivity contribution in [3.8, 4) is 34.1 Å². The van der Waals surface area contributed by atoms with Crippen LogP contribution in [0.5, 0.6) is 23.0 Å². The lowest BCUT2D eigenvalue weighted by Gasteiger charge is -2.20. The van der Waals surface area contributed by atoms with E-state index in [1.165, 1.54) is 12.1 Å². The van der Waals surface area contributed by atoms with Crippen LogP contribution in [-0.4, -0.2) is 39.4 Å². The van der Waals surface area contributed by atoms with Gasteiger partial charge in [-0.2, -0.15) is 13.2 Å². The van der Waals surface area contributed by atoms with E-state index in [0.717, 1.165) is 34.4 Å². The van der Waals surface area contributed by atoms with Crippen LogP contribution >= 0.6 is 0 Å². The highest BCUT2D eigenvalue weighted by atomic mass is 19.4. The average Bonchev–Trinajstić information content (AvgIpc) is 3.04. The number of benzene rings is 3. The fourth-order valence-electron chi connectivity index (χ4n) is 4.15. The predicted octanol–water partition coefficient (Wildman–Crippen LogP) is 5.79. The first kappa shape index (κ1) is 23.8. The van der Waals surface area contributed by atoms with E-state index in [9.17, 15) is 13.2 Å². The molecular formula is C26H26F3NO4. The highest BCUT2D eigenvalue weighted by molar-refractivity contribution is 5.77. The second-order valence-electron chi connectivity index (χ2n) is 7.96. The van der Waals surface area contributed by atoms with Gasteiger partial charge in [0.15, 0.2) is 23.0 Å². The van der Waals surface area contributed by atoms with E-state index < -0.39 is 11.7 Å². The molecule has 0 saturated heterocycles. The minimum absolute atomic E-state index is 0.436. The third kappa shape index (κ3) is 4.92. The van der Waals surface area contributed by atoms with Gasteiger partial charge in [-0.25, -0.2) is 0 Å². The molecule has 0 aliphatic carbocycles. The van der Waals surface area contributed by atoms with Crippen LogP contribution in [0.1, 0.15) is 16.7 Å². The van der Waals surface area contributed by atoms with Gasteiger partial charge in [0.05, 0.1) is 26.9 Å². The van der Waals surface area contributed by atoms with Crippen molar-refractivity contribution in [2.45, 2.75) is 19.3 Å². The molecule has 0 bridgehead atoms. The van der Waals surface area contributed by atoms with E-state index in [2.05, 4.69) is 4.90 Å². The number of nitrogens with zero attached hydrogens (tertiary/aromatic N) is 1. The fourth-order valence-corrected chi connectivity index (χ4v) is 4.15. The Morgan fingerprint density at radius 3 is 2.29 bits per heavy atom. The first-order chi connectivity index (χ1) is 16.3. The van der Waals surface area contributed by atoms with Crippen LogP contribution in [0.15, 0.2) is 54.6 Å². The standard InChI is InChI=1S/C26H26F3NO4/c1-31-22-6-4-5-21(25(22)33-3)18-13-19-16-30(11-12-34-24(19)23(14-18)32-2)15-17-7-9-20(10-8-17)26(27,28)29/h4-10,13-14H,11-12,15-16H2,1-3H3. The molecule has 0 spiro atoms. The molecule has 0 saturated carbocycles. The van der Waals surface area contributed by atoms with Gasteiger partial charge in [0.25, 0.3) is 0 Å². The number of rotatable bonds is 6. The summed E-state index contributed by atoms with van der Waals surface area (Å²) >= 11 is 0. The molecule has 0 amide bonds. The number of halogens is 3. The topological polar surface area (TPSA) is 40.2 Å². The van der Waals surface area contributed by atoms with Crippen LogP contribution in [0.2, 0.25) is 0 Å².